The zero-order chi connectivity index (χ0) is 12.7. The van der Waals surface area contributed by atoms with Gasteiger partial charge in [0.15, 0.2) is 5.78 Å². The molecular formula is C13H9NO2S2. The molecule has 3 rings (SSSR count). The largest absolute Gasteiger partial charge is 0.309 e. The van der Waals surface area contributed by atoms with Gasteiger partial charge in [-0.2, -0.15) is 0 Å². The summed E-state index contributed by atoms with van der Waals surface area (Å²) in [7, 11) is 4.71. The number of aromatic nitrogens is 1. The molecule has 2 aliphatic heterocycles. The molecule has 0 radical (unpaired) electrons. The van der Waals surface area contributed by atoms with Gasteiger partial charge < -0.3 is 4.57 Å². The first-order chi connectivity index (χ1) is 8.70. The van der Waals surface area contributed by atoms with Crippen LogP contribution in [0.15, 0.2) is 40.5 Å². The van der Waals surface area contributed by atoms with E-state index in [-0.39, 0.29) is 11.3 Å². The summed E-state index contributed by atoms with van der Waals surface area (Å²) in [6, 6.07) is 8.92. The van der Waals surface area contributed by atoms with Crippen molar-refractivity contribution in [2.45, 2.75) is 0 Å². The highest BCUT2D eigenvalue weighted by atomic mass is 32.9. The van der Waals surface area contributed by atoms with Crippen LogP contribution < -0.4 is 5.56 Å². The van der Waals surface area contributed by atoms with E-state index in [1.54, 1.807) is 35.9 Å². The zero-order valence-corrected chi connectivity index (χ0v) is 11.2. The molecule has 0 bridgehead atoms. The number of carbonyl (C=O) groups excluding carboxylic acids is 1. The summed E-state index contributed by atoms with van der Waals surface area (Å²) < 4.78 is 1.54. The van der Waals surface area contributed by atoms with Crippen LogP contribution in [0.2, 0.25) is 0 Å². The number of hydrogen-bond donors (Lipinski definition) is 0. The standard InChI is InChI=1S/C13H9NO2S2/c1-14-9-7-17-18-12(9)10(13(14)16)11(15)8-5-3-2-4-6-8/h2-7H,1H3. The lowest BCUT2D eigenvalue weighted by Crippen LogP contribution is -2.18. The Morgan fingerprint density at radius 3 is 2.67 bits per heavy atom. The quantitative estimate of drug-likeness (QED) is 0.533. The average molecular weight is 275 g/mol. The Bertz CT molecular complexity index is 736. The van der Waals surface area contributed by atoms with Crippen LogP contribution >= 0.6 is 20.7 Å². The third-order valence-electron chi connectivity index (χ3n) is 2.89. The molecule has 18 heavy (non-hydrogen) atoms. The van der Waals surface area contributed by atoms with Crippen LogP contribution in [0.5, 0.6) is 0 Å². The number of ketones is 1. The molecule has 0 saturated carbocycles. The van der Waals surface area contributed by atoms with Crippen molar-refractivity contribution >= 4 is 26.5 Å². The van der Waals surface area contributed by atoms with Gasteiger partial charge in [-0.3, -0.25) is 9.59 Å². The normalized spacial score (nSPS) is 10.9. The lowest BCUT2D eigenvalue weighted by molar-refractivity contribution is 0.103. The van der Waals surface area contributed by atoms with Crippen LogP contribution in [-0.2, 0) is 7.05 Å². The summed E-state index contributed by atoms with van der Waals surface area (Å²) >= 11 is 0. The van der Waals surface area contributed by atoms with Gasteiger partial charge in [0.05, 0.1) is 10.6 Å². The van der Waals surface area contributed by atoms with Crippen LogP contribution in [0.1, 0.15) is 15.9 Å². The monoisotopic (exact) mass is 275 g/mol. The number of carbonyl (C=O) groups is 1. The second kappa shape index (κ2) is 4.19. The molecule has 0 spiro atoms. The van der Waals surface area contributed by atoms with Crippen LogP contribution in [-0.4, -0.2) is 10.4 Å². The molecule has 2 aliphatic rings. The summed E-state index contributed by atoms with van der Waals surface area (Å²) in [4.78, 5) is 25.3. The lowest BCUT2D eigenvalue weighted by atomic mass is 10.1. The molecule has 0 aromatic heterocycles. The van der Waals surface area contributed by atoms with E-state index in [4.69, 9.17) is 0 Å². The smallest absolute Gasteiger partial charge is 0.263 e. The van der Waals surface area contributed by atoms with Crippen molar-refractivity contribution in [2.24, 2.45) is 7.05 Å². The molecule has 0 atom stereocenters. The topological polar surface area (TPSA) is 39.1 Å². The minimum atomic E-state index is -0.210. The van der Waals surface area contributed by atoms with E-state index < -0.39 is 0 Å². The highest BCUT2D eigenvalue weighted by Gasteiger charge is 2.26. The van der Waals surface area contributed by atoms with Gasteiger partial charge in [-0.25, -0.2) is 0 Å². The molecule has 0 N–H and O–H groups in total. The van der Waals surface area contributed by atoms with E-state index in [2.05, 4.69) is 0 Å². The third-order valence-corrected chi connectivity index (χ3v) is 4.97. The number of nitrogens with zero attached hydrogens (tertiary/aromatic N) is 1. The van der Waals surface area contributed by atoms with Crippen LogP contribution in [0, 0.1) is 0 Å². The van der Waals surface area contributed by atoms with Crippen molar-refractivity contribution in [3.05, 3.63) is 57.2 Å². The summed E-state index contributed by atoms with van der Waals surface area (Å²) in [5.41, 5.74) is 1.48. The van der Waals surface area contributed by atoms with Crippen molar-refractivity contribution in [3.8, 4) is 10.6 Å². The summed E-state index contributed by atoms with van der Waals surface area (Å²) in [5.74, 6) is -0.194. The van der Waals surface area contributed by atoms with Crippen molar-refractivity contribution in [2.75, 3.05) is 0 Å². The van der Waals surface area contributed by atoms with Gasteiger partial charge in [-0.15, -0.1) is 0 Å². The molecule has 0 unspecified atom stereocenters. The van der Waals surface area contributed by atoms with Crippen molar-refractivity contribution in [3.63, 3.8) is 0 Å². The molecule has 0 saturated heterocycles. The fraction of sp³-hybridized carbons (Fsp3) is 0.0769. The minimum absolute atomic E-state index is 0.194. The highest BCUT2D eigenvalue weighted by molar-refractivity contribution is 7.70. The van der Waals surface area contributed by atoms with Crippen molar-refractivity contribution in [1.82, 2.24) is 4.57 Å². The second-order valence-electron chi connectivity index (χ2n) is 3.95. The Hall–Kier alpha value is -1.72. The van der Waals surface area contributed by atoms with Crippen molar-refractivity contribution in [1.29, 1.82) is 0 Å². The highest BCUT2D eigenvalue weighted by Crippen LogP contribution is 2.34. The third kappa shape index (κ3) is 1.55. The van der Waals surface area contributed by atoms with Gasteiger partial charge in [0.25, 0.3) is 5.56 Å². The Morgan fingerprint density at radius 2 is 1.94 bits per heavy atom. The second-order valence-corrected chi connectivity index (χ2v) is 6.03. The molecule has 5 heteroatoms. The molecule has 0 amide bonds. The number of rotatable bonds is 2. The Balaban J connectivity index is 2.22. The van der Waals surface area contributed by atoms with Gasteiger partial charge in [-0.1, -0.05) is 51.0 Å². The molecule has 2 heterocycles. The van der Waals surface area contributed by atoms with Gasteiger partial charge in [0.1, 0.15) is 5.56 Å². The van der Waals surface area contributed by atoms with Crippen LogP contribution in [0.25, 0.3) is 10.6 Å². The maximum Gasteiger partial charge on any atom is 0.263 e. The van der Waals surface area contributed by atoms with E-state index in [0.717, 1.165) is 10.6 Å². The van der Waals surface area contributed by atoms with Gasteiger partial charge in [0.2, 0.25) is 0 Å². The molecule has 0 fully saturated rings. The average Bonchev–Trinajstić information content (AvgIpc) is 2.95. The first kappa shape index (κ1) is 11.4. The zero-order valence-electron chi connectivity index (χ0n) is 9.54. The number of hydrogen-bond acceptors (Lipinski definition) is 4. The molecular weight excluding hydrogens is 266 g/mol. The molecule has 90 valence electrons. The molecule has 0 aliphatic carbocycles. The van der Waals surface area contributed by atoms with E-state index in [9.17, 15) is 9.59 Å². The predicted octanol–water partition coefficient (Wildman–Crippen LogP) is 2.84. The summed E-state index contributed by atoms with van der Waals surface area (Å²) in [5, 5.41) is 1.91. The van der Waals surface area contributed by atoms with E-state index >= 15 is 0 Å². The number of fused-ring (bicyclic) bond motifs is 1. The van der Waals surface area contributed by atoms with E-state index in [0.29, 0.717) is 11.1 Å². The minimum Gasteiger partial charge on any atom is -0.309 e. The van der Waals surface area contributed by atoms with Gasteiger partial charge in [0, 0.05) is 18.0 Å². The lowest BCUT2D eigenvalue weighted by Gasteiger charge is -1.97. The SMILES string of the molecule is Cn1c2cssc-2c(C(=O)c2ccccc2)c1=O. The molecule has 3 nitrogen and oxygen atoms in total. The van der Waals surface area contributed by atoms with Crippen LogP contribution in [0.4, 0.5) is 0 Å². The first-order valence-corrected chi connectivity index (χ1v) is 7.57. The fourth-order valence-corrected chi connectivity index (χ4v) is 4.27. The maximum atomic E-state index is 12.4. The molecule has 1 aromatic rings. The van der Waals surface area contributed by atoms with Crippen LogP contribution in [0.3, 0.4) is 0 Å². The van der Waals surface area contributed by atoms with Crippen molar-refractivity contribution < 1.29 is 4.79 Å². The van der Waals surface area contributed by atoms with Gasteiger partial charge >= 0.3 is 0 Å². The Labute approximate surface area is 111 Å². The van der Waals surface area contributed by atoms with E-state index in [1.807, 2.05) is 11.4 Å². The summed E-state index contributed by atoms with van der Waals surface area (Å²) in [6.07, 6.45) is 0. The first-order valence-electron chi connectivity index (χ1n) is 5.36. The summed E-state index contributed by atoms with van der Waals surface area (Å²) in [6.45, 7) is 0. The Morgan fingerprint density at radius 1 is 1.22 bits per heavy atom. The Kier molecular flexibility index (Phi) is 2.65. The van der Waals surface area contributed by atoms with Gasteiger partial charge in [-0.05, 0) is 0 Å². The number of benzene rings is 1. The van der Waals surface area contributed by atoms with E-state index in [1.165, 1.54) is 20.7 Å². The maximum absolute atomic E-state index is 12.4. The predicted molar refractivity (Wildman–Crippen MR) is 73.9 cm³/mol. The fourth-order valence-electron chi connectivity index (χ4n) is 1.92. The molecule has 1 aromatic carbocycles.